The molecule has 7 heteroatoms. The van der Waals surface area contributed by atoms with Crippen LogP contribution >= 0.6 is 0 Å². The zero-order valence-corrected chi connectivity index (χ0v) is 10.1. The van der Waals surface area contributed by atoms with Crippen LogP contribution in [0, 0.1) is 5.41 Å². The molecule has 0 bridgehead atoms. The standard InChI is InChI=1S/C11H18O7/c1-7(10(16)17)3-9(15)18-8(2)11(4-12,5-13)6-14/h8,12-14H,1,3-6H2,2H3,(H,16,17). The number of rotatable bonds is 8. The number of hydrogen-bond donors (Lipinski definition) is 4. The minimum atomic E-state index is -1.36. The first kappa shape index (κ1) is 16.6. The van der Waals surface area contributed by atoms with Gasteiger partial charge < -0.3 is 25.2 Å². The molecule has 0 aromatic heterocycles. The Bertz CT molecular complexity index is 311. The minimum Gasteiger partial charge on any atom is -0.478 e. The molecular formula is C11H18O7. The van der Waals surface area contributed by atoms with Gasteiger partial charge in [0.25, 0.3) is 0 Å². The smallest absolute Gasteiger partial charge is 0.331 e. The average Bonchev–Trinajstić information content (AvgIpc) is 2.31. The number of ether oxygens (including phenoxy) is 1. The number of hydrogen-bond acceptors (Lipinski definition) is 6. The molecular weight excluding hydrogens is 244 g/mol. The van der Waals surface area contributed by atoms with Crippen molar-refractivity contribution in [3.8, 4) is 0 Å². The molecule has 0 amide bonds. The van der Waals surface area contributed by atoms with Gasteiger partial charge in [0.05, 0.1) is 31.7 Å². The lowest BCUT2D eigenvalue weighted by Gasteiger charge is -2.33. The molecule has 0 aromatic rings. The summed E-state index contributed by atoms with van der Waals surface area (Å²) >= 11 is 0. The summed E-state index contributed by atoms with van der Waals surface area (Å²) in [5.41, 5.74) is -1.69. The Balaban J connectivity index is 4.55. The molecule has 0 aliphatic heterocycles. The van der Waals surface area contributed by atoms with E-state index in [9.17, 15) is 9.59 Å². The van der Waals surface area contributed by atoms with Crippen LogP contribution in [0.3, 0.4) is 0 Å². The van der Waals surface area contributed by atoms with Crippen LogP contribution in [0.4, 0.5) is 0 Å². The summed E-state index contributed by atoms with van der Waals surface area (Å²) < 4.78 is 4.87. The summed E-state index contributed by atoms with van der Waals surface area (Å²) in [4.78, 5) is 21.8. The molecule has 0 aromatic carbocycles. The quantitative estimate of drug-likeness (QED) is 0.323. The van der Waals surface area contributed by atoms with E-state index in [4.69, 9.17) is 25.2 Å². The van der Waals surface area contributed by atoms with Crippen LogP contribution in [0.5, 0.6) is 0 Å². The topological polar surface area (TPSA) is 124 Å². The van der Waals surface area contributed by atoms with Crippen LogP contribution in [0.25, 0.3) is 0 Å². The lowest BCUT2D eigenvalue weighted by molar-refractivity contribution is -0.162. The molecule has 4 N–H and O–H groups in total. The fraction of sp³-hybridized carbons (Fsp3) is 0.636. The molecule has 0 saturated carbocycles. The molecule has 1 atom stereocenters. The second kappa shape index (κ2) is 7.10. The van der Waals surface area contributed by atoms with E-state index < -0.39 is 49.7 Å². The van der Waals surface area contributed by atoms with E-state index in [-0.39, 0.29) is 5.57 Å². The van der Waals surface area contributed by atoms with E-state index in [1.54, 1.807) is 0 Å². The number of aliphatic carboxylic acids is 1. The summed E-state index contributed by atoms with van der Waals surface area (Å²) in [6.07, 6.45) is -1.47. The van der Waals surface area contributed by atoms with E-state index in [0.29, 0.717) is 0 Å². The van der Waals surface area contributed by atoms with Gasteiger partial charge in [-0.1, -0.05) is 6.58 Å². The number of aliphatic hydroxyl groups is 3. The monoisotopic (exact) mass is 262 g/mol. The first-order valence-corrected chi connectivity index (χ1v) is 5.26. The van der Waals surface area contributed by atoms with Crippen LogP contribution in [0.2, 0.25) is 0 Å². The van der Waals surface area contributed by atoms with E-state index >= 15 is 0 Å². The van der Waals surface area contributed by atoms with Crippen LogP contribution < -0.4 is 0 Å². The number of carbonyl (C=O) groups excluding carboxylic acids is 1. The number of carbonyl (C=O) groups is 2. The first-order chi connectivity index (χ1) is 8.32. The summed E-state index contributed by atoms with van der Waals surface area (Å²) in [7, 11) is 0. The predicted octanol–water partition coefficient (Wildman–Crippen LogP) is -1.09. The summed E-state index contributed by atoms with van der Waals surface area (Å²) in [5, 5.41) is 35.9. The highest BCUT2D eigenvalue weighted by Gasteiger charge is 2.37. The zero-order chi connectivity index (χ0) is 14.3. The van der Waals surface area contributed by atoms with Crippen molar-refractivity contribution in [1.29, 1.82) is 0 Å². The molecule has 104 valence electrons. The molecule has 0 radical (unpaired) electrons. The maximum atomic E-state index is 11.4. The maximum Gasteiger partial charge on any atom is 0.331 e. The molecule has 0 aliphatic rings. The molecule has 18 heavy (non-hydrogen) atoms. The predicted molar refractivity (Wildman–Crippen MR) is 60.6 cm³/mol. The van der Waals surface area contributed by atoms with Crippen molar-refractivity contribution in [2.75, 3.05) is 19.8 Å². The number of carboxylic acids is 1. The van der Waals surface area contributed by atoms with E-state index in [0.717, 1.165) is 0 Å². The van der Waals surface area contributed by atoms with Gasteiger partial charge in [-0.15, -0.1) is 0 Å². The number of esters is 1. The highest BCUT2D eigenvalue weighted by Crippen LogP contribution is 2.23. The largest absolute Gasteiger partial charge is 0.478 e. The summed E-state index contributed by atoms with van der Waals surface area (Å²) in [6.45, 7) is 2.84. The highest BCUT2D eigenvalue weighted by atomic mass is 16.5. The van der Waals surface area contributed by atoms with Crippen LogP contribution in [0.15, 0.2) is 12.2 Å². The van der Waals surface area contributed by atoms with Crippen molar-refractivity contribution >= 4 is 11.9 Å². The van der Waals surface area contributed by atoms with Crippen molar-refractivity contribution in [1.82, 2.24) is 0 Å². The third-order valence-corrected chi connectivity index (χ3v) is 2.78. The lowest BCUT2D eigenvalue weighted by Crippen LogP contribution is -2.45. The second-order valence-corrected chi connectivity index (χ2v) is 4.05. The molecule has 0 fully saturated rings. The van der Waals surface area contributed by atoms with Gasteiger partial charge >= 0.3 is 11.9 Å². The molecule has 0 aliphatic carbocycles. The Morgan fingerprint density at radius 2 is 1.67 bits per heavy atom. The summed E-state index contributed by atoms with van der Waals surface area (Å²) in [5.74, 6) is -2.16. The third kappa shape index (κ3) is 4.10. The molecule has 0 saturated heterocycles. The Kier molecular flexibility index (Phi) is 6.53. The number of aliphatic hydroxyl groups excluding tert-OH is 3. The van der Waals surface area contributed by atoms with Crippen LogP contribution in [0.1, 0.15) is 13.3 Å². The van der Waals surface area contributed by atoms with Gasteiger partial charge in [-0.05, 0) is 6.92 Å². The second-order valence-electron chi connectivity index (χ2n) is 4.05. The lowest BCUT2D eigenvalue weighted by atomic mass is 9.85. The Morgan fingerprint density at radius 3 is 2.00 bits per heavy atom. The highest BCUT2D eigenvalue weighted by molar-refractivity contribution is 5.91. The Labute approximate surface area is 104 Å². The molecule has 0 rings (SSSR count). The molecule has 0 heterocycles. The van der Waals surface area contributed by atoms with E-state index in [2.05, 4.69) is 6.58 Å². The third-order valence-electron chi connectivity index (χ3n) is 2.78. The number of carboxylic acid groups (broad SMARTS) is 1. The normalized spacial score (nSPS) is 12.9. The van der Waals surface area contributed by atoms with Crippen molar-refractivity contribution in [2.45, 2.75) is 19.4 Å². The van der Waals surface area contributed by atoms with Gasteiger partial charge in [0, 0.05) is 5.57 Å². The van der Waals surface area contributed by atoms with Crippen molar-refractivity contribution < 1.29 is 34.8 Å². The average molecular weight is 262 g/mol. The Hall–Kier alpha value is -1.44. The van der Waals surface area contributed by atoms with Gasteiger partial charge in [0.15, 0.2) is 0 Å². The van der Waals surface area contributed by atoms with Crippen molar-refractivity contribution in [2.24, 2.45) is 5.41 Å². The van der Waals surface area contributed by atoms with Gasteiger partial charge in [0.1, 0.15) is 6.10 Å². The van der Waals surface area contributed by atoms with Gasteiger partial charge in [-0.2, -0.15) is 0 Å². The Morgan fingerprint density at radius 1 is 1.22 bits per heavy atom. The minimum absolute atomic E-state index is 0.324. The van der Waals surface area contributed by atoms with Gasteiger partial charge in [-0.3, -0.25) is 4.79 Å². The van der Waals surface area contributed by atoms with Gasteiger partial charge in [0.2, 0.25) is 0 Å². The molecule has 7 nitrogen and oxygen atoms in total. The van der Waals surface area contributed by atoms with Gasteiger partial charge in [-0.25, -0.2) is 4.79 Å². The van der Waals surface area contributed by atoms with Crippen LogP contribution in [-0.2, 0) is 14.3 Å². The van der Waals surface area contributed by atoms with E-state index in [1.165, 1.54) is 6.92 Å². The fourth-order valence-corrected chi connectivity index (χ4v) is 1.15. The SMILES string of the molecule is C=C(CC(=O)OC(C)C(CO)(CO)CO)C(=O)O. The van der Waals surface area contributed by atoms with Crippen molar-refractivity contribution in [3.63, 3.8) is 0 Å². The first-order valence-electron chi connectivity index (χ1n) is 5.26. The van der Waals surface area contributed by atoms with Crippen molar-refractivity contribution in [3.05, 3.63) is 12.2 Å². The zero-order valence-electron chi connectivity index (χ0n) is 10.1. The fourth-order valence-electron chi connectivity index (χ4n) is 1.15. The van der Waals surface area contributed by atoms with Crippen LogP contribution in [-0.4, -0.2) is 58.3 Å². The molecule has 0 spiro atoms. The molecule has 1 unspecified atom stereocenters. The van der Waals surface area contributed by atoms with E-state index in [1.807, 2.05) is 0 Å². The summed E-state index contributed by atoms with van der Waals surface area (Å²) in [6, 6.07) is 0. The maximum absolute atomic E-state index is 11.4.